The van der Waals surface area contributed by atoms with E-state index in [-0.39, 0.29) is 12.7 Å². The standard InChI is InChI=1S/C13H20BNO2/c1-4-5-12-7-6-11(10-15-12)14-16-9-8-13(2,3)17-14/h6-7,10H,4-5,8-9H2,1-3H3. The highest BCUT2D eigenvalue weighted by atomic mass is 16.6. The van der Waals surface area contributed by atoms with Gasteiger partial charge in [0, 0.05) is 24.0 Å². The minimum atomic E-state index is -0.262. The third-order valence-corrected chi connectivity index (χ3v) is 3.03. The molecule has 0 radical (unpaired) electrons. The van der Waals surface area contributed by atoms with Crippen LogP contribution in [0.3, 0.4) is 0 Å². The molecule has 3 nitrogen and oxygen atoms in total. The van der Waals surface area contributed by atoms with Crippen molar-refractivity contribution < 1.29 is 9.31 Å². The van der Waals surface area contributed by atoms with Crippen molar-refractivity contribution in [3.63, 3.8) is 0 Å². The molecule has 1 aromatic rings. The summed E-state index contributed by atoms with van der Waals surface area (Å²) >= 11 is 0. The molecule has 0 aliphatic carbocycles. The van der Waals surface area contributed by atoms with Gasteiger partial charge < -0.3 is 9.31 Å². The van der Waals surface area contributed by atoms with E-state index in [2.05, 4.69) is 37.9 Å². The summed E-state index contributed by atoms with van der Waals surface area (Å²) in [6.07, 6.45) is 4.95. The largest absolute Gasteiger partial charge is 0.495 e. The summed E-state index contributed by atoms with van der Waals surface area (Å²) in [5, 5.41) is 0. The number of aromatic nitrogens is 1. The Balaban J connectivity index is 2.06. The molecule has 0 amide bonds. The van der Waals surface area contributed by atoms with E-state index in [0.29, 0.717) is 0 Å². The Morgan fingerprint density at radius 3 is 2.82 bits per heavy atom. The fraction of sp³-hybridized carbons (Fsp3) is 0.615. The predicted molar refractivity (Wildman–Crippen MR) is 69.4 cm³/mol. The van der Waals surface area contributed by atoms with Crippen LogP contribution >= 0.6 is 0 Å². The van der Waals surface area contributed by atoms with E-state index in [4.69, 9.17) is 9.31 Å². The summed E-state index contributed by atoms with van der Waals surface area (Å²) in [6.45, 7) is 7.10. The van der Waals surface area contributed by atoms with E-state index >= 15 is 0 Å². The second-order valence-electron chi connectivity index (χ2n) is 5.16. The first kappa shape index (κ1) is 12.6. The SMILES string of the molecule is CCCc1ccc(B2OCCC(C)(C)O2)cn1. The topological polar surface area (TPSA) is 31.4 Å². The molecule has 2 rings (SSSR count). The molecule has 0 unspecified atom stereocenters. The zero-order chi connectivity index (χ0) is 12.3. The Hall–Kier alpha value is -0.865. The number of hydrogen-bond donors (Lipinski definition) is 0. The van der Waals surface area contributed by atoms with Crippen molar-refractivity contribution in [1.29, 1.82) is 0 Å². The first-order chi connectivity index (χ1) is 8.11. The lowest BCUT2D eigenvalue weighted by atomic mass is 9.77. The second-order valence-corrected chi connectivity index (χ2v) is 5.16. The quantitative estimate of drug-likeness (QED) is 0.747. The monoisotopic (exact) mass is 233 g/mol. The second kappa shape index (κ2) is 5.19. The third kappa shape index (κ3) is 3.30. The minimum absolute atomic E-state index is 0.106. The maximum atomic E-state index is 5.90. The maximum absolute atomic E-state index is 5.90. The third-order valence-electron chi connectivity index (χ3n) is 3.03. The maximum Gasteiger partial charge on any atom is 0.495 e. The predicted octanol–water partition coefficient (Wildman–Crippen LogP) is 1.94. The molecule has 0 spiro atoms. The van der Waals surface area contributed by atoms with Crippen LogP contribution in [0.15, 0.2) is 18.3 Å². The molecule has 0 bridgehead atoms. The van der Waals surface area contributed by atoms with Gasteiger partial charge in [0.2, 0.25) is 0 Å². The molecule has 17 heavy (non-hydrogen) atoms. The molecule has 4 heteroatoms. The van der Waals surface area contributed by atoms with Crippen molar-refractivity contribution in [3.05, 3.63) is 24.0 Å². The molecule has 1 saturated heterocycles. The zero-order valence-electron chi connectivity index (χ0n) is 10.9. The summed E-state index contributed by atoms with van der Waals surface area (Å²) < 4.78 is 11.5. The Bertz CT molecular complexity index is 364. The highest BCUT2D eigenvalue weighted by Gasteiger charge is 2.34. The van der Waals surface area contributed by atoms with Crippen molar-refractivity contribution in [2.24, 2.45) is 0 Å². The highest BCUT2D eigenvalue weighted by Crippen LogP contribution is 2.20. The minimum Gasteiger partial charge on any atom is -0.407 e. The fourth-order valence-corrected chi connectivity index (χ4v) is 1.94. The average Bonchev–Trinajstić information content (AvgIpc) is 2.29. The van der Waals surface area contributed by atoms with E-state index in [1.54, 1.807) is 0 Å². The van der Waals surface area contributed by atoms with E-state index in [0.717, 1.165) is 37.0 Å². The van der Waals surface area contributed by atoms with Gasteiger partial charge in [-0.3, -0.25) is 4.98 Å². The number of hydrogen-bond acceptors (Lipinski definition) is 3. The Morgan fingerprint density at radius 1 is 1.41 bits per heavy atom. The molecule has 92 valence electrons. The van der Waals surface area contributed by atoms with Gasteiger partial charge in [-0.1, -0.05) is 19.4 Å². The van der Waals surface area contributed by atoms with Crippen LogP contribution in [0.25, 0.3) is 0 Å². The summed E-state index contributed by atoms with van der Waals surface area (Å²) in [7, 11) is -0.262. The number of rotatable bonds is 3. The van der Waals surface area contributed by atoms with Gasteiger partial charge >= 0.3 is 7.12 Å². The smallest absolute Gasteiger partial charge is 0.407 e. The van der Waals surface area contributed by atoms with Crippen LogP contribution in [0, 0.1) is 0 Å². The summed E-state index contributed by atoms with van der Waals surface area (Å²) in [5.74, 6) is 0. The first-order valence-corrected chi connectivity index (χ1v) is 6.35. The highest BCUT2D eigenvalue weighted by molar-refractivity contribution is 6.61. The molecule has 0 aromatic carbocycles. The summed E-state index contributed by atoms with van der Waals surface area (Å²) in [5.41, 5.74) is 2.04. The molecule has 0 N–H and O–H groups in total. The molecule has 1 aliphatic rings. The van der Waals surface area contributed by atoms with Gasteiger partial charge in [0.1, 0.15) is 0 Å². The van der Waals surface area contributed by atoms with Gasteiger partial charge in [-0.25, -0.2) is 0 Å². The van der Waals surface area contributed by atoms with Crippen LogP contribution in [0.5, 0.6) is 0 Å². The van der Waals surface area contributed by atoms with E-state index in [1.807, 2.05) is 6.20 Å². The van der Waals surface area contributed by atoms with E-state index in [9.17, 15) is 0 Å². The summed E-state index contributed by atoms with van der Waals surface area (Å²) in [4.78, 5) is 4.43. The van der Waals surface area contributed by atoms with E-state index in [1.165, 1.54) is 0 Å². The van der Waals surface area contributed by atoms with Crippen LogP contribution < -0.4 is 5.46 Å². The average molecular weight is 233 g/mol. The van der Waals surface area contributed by atoms with Gasteiger partial charge in [-0.15, -0.1) is 0 Å². The van der Waals surface area contributed by atoms with Crippen molar-refractivity contribution >= 4 is 12.6 Å². The molecule has 1 fully saturated rings. The van der Waals surface area contributed by atoms with Crippen LogP contribution in [-0.2, 0) is 15.7 Å². The Labute approximate surface area is 104 Å². The van der Waals surface area contributed by atoms with Crippen molar-refractivity contribution in [2.75, 3.05) is 6.61 Å². The lowest BCUT2D eigenvalue weighted by Gasteiger charge is -2.34. The van der Waals surface area contributed by atoms with Crippen LogP contribution in [0.2, 0.25) is 0 Å². The number of nitrogens with zero attached hydrogens (tertiary/aromatic N) is 1. The fourth-order valence-electron chi connectivity index (χ4n) is 1.94. The van der Waals surface area contributed by atoms with Crippen molar-refractivity contribution in [2.45, 2.75) is 45.6 Å². The lowest BCUT2D eigenvalue weighted by molar-refractivity contribution is 0.0108. The van der Waals surface area contributed by atoms with Gasteiger partial charge in [-0.05, 0) is 32.8 Å². The zero-order valence-corrected chi connectivity index (χ0v) is 10.9. The normalized spacial score (nSPS) is 19.4. The van der Waals surface area contributed by atoms with Crippen LogP contribution in [-0.4, -0.2) is 24.3 Å². The molecular weight excluding hydrogens is 213 g/mol. The Kier molecular flexibility index (Phi) is 3.84. The van der Waals surface area contributed by atoms with Gasteiger partial charge in [-0.2, -0.15) is 0 Å². The molecular formula is C13H20BNO2. The van der Waals surface area contributed by atoms with Crippen molar-refractivity contribution in [1.82, 2.24) is 4.98 Å². The van der Waals surface area contributed by atoms with E-state index < -0.39 is 0 Å². The van der Waals surface area contributed by atoms with Gasteiger partial charge in [0.05, 0.1) is 5.60 Å². The molecule has 0 atom stereocenters. The van der Waals surface area contributed by atoms with Crippen LogP contribution in [0.1, 0.15) is 39.3 Å². The molecule has 0 saturated carbocycles. The molecule has 1 aliphatic heterocycles. The van der Waals surface area contributed by atoms with Crippen molar-refractivity contribution in [3.8, 4) is 0 Å². The lowest BCUT2D eigenvalue weighted by Crippen LogP contribution is -2.49. The van der Waals surface area contributed by atoms with Gasteiger partial charge in [0.15, 0.2) is 0 Å². The summed E-state index contributed by atoms with van der Waals surface area (Å²) in [6, 6.07) is 4.12. The number of pyridine rings is 1. The first-order valence-electron chi connectivity index (χ1n) is 6.35. The van der Waals surface area contributed by atoms with Crippen LogP contribution in [0.4, 0.5) is 0 Å². The van der Waals surface area contributed by atoms with Gasteiger partial charge in [0.25, 0.3) is 0 Å². The molecule has 2 heterocycles. The number of aryl methyl sites for hydroxylation is 1. The molecule has 1 aromatic heterocycles. The Morgan fingerprint density at radius 2 is 2.24 bits per heavy atom.